The van der Waals surface area contributed by atoms with E-state index < -0.39 is 0 Å². The molecule has 5 nitrogen and oxygen atoms in total. The fourth-order valence-corrected chi connectivity index (χ4v) is 4.05. The van der Waals surface area contributed by atoms with Crippen LogP contribution >= 0.6 is 0 Å². The molecule has 4 aromatic rings. The maximum Gasteiger partial charge on any atom is 0.123 e. The molecule has 2 aromatic heterocycles. The molecule has 1 fully saturated rings. The van der Waals surface area contributed by atoms with Crippen molar-refractivity contribution in [2.75, 3.05) is 23.3 Å². The van der Waals surface area contributed by atoms with Crippen molar-refractivity contribution in [3.8, 4) is 11.1 Å². The number of aliphatic hydroxyl groups excluding tert-OH is 1. The smallest absolute Gasteiger partial charge is 0.123 e. The van der Waals surface area contributed by atoms with Gasteiger partial charge in [0.25, 0.3) is 0 Å². The molecule has 3 heterocycles. The van der Waals surface area contributed by atoms with Gasteiger partial charge in [0.2, 0.25) is 0 Å². The van der Waals surface area contributed by atoms with E-state index in [2.05, 4.69) is 32.3 Å². The molecule has 1 aliphatic heterocycles. The number of aliphatic hydroxyl groups is 1. The minimum absolute atomic E-state index is 0.264. The van der Waals surface area contributed by atoms with Gasteiger partial charge in [-0.1, -0.05) is 6.07 Å². The summed E-state index contributed by atoms with van der Waals surface area (Å²) in [5, 5.41) is 14.4. The second-order valence-corrected chi connectivity index (χ2v) is 7.94. The lowest BCUT2D eigenvalue weighted by atomic mass is 10.0. The molecule has 0 radical (unpaired) electrons. The molecule has 0 spiro atoms. The number of anilines is 3. The van der Waals surface area contributed by atoms with Gasteiger partial charge in [0.05, 0.1) is 23.0 Å². The third-order valence-electron chi connectivity index (χ3n) is 5.77. The van der Waals surface area contributed by atoms with Crippen LogP contribution in [-0.4, -0.2) is 34.3 Å². The fourth-order valence-electron chi connectivity index (χ4n) is 4.05. The number of halogens is 1. The Balaban J connectivity index is 1.52. The number of pyridine rings is 2. The molecule has 1 atom stereocenters. The number of hydrogen-bond donors (Lipinski definition) is 2. The fraction of sp³-hybridized carbons (Fsp3) is 0.200. The van der Waals surface area contributed by atoms with E-state index in [9.17, 15) is 9.50 Å². The van der Waals surface area contributed by atoms with Gasteiger partial charge in [-0.2, -0.15) is 0 Å². The average molecular weight is 414 g/mol. The van der Waals surface area contributed by atoms with E-state index in [1.54, 1.807) is 12.1 Å². The van der Waals surface area contributed by atoms with E-state index in [-0.39, 0.29) is 11.9 Å². The first kappa shape index (κ1) is 19.5. The van der Waals surface area contributed by atoms with Crippen molar-refractivity contribution >= 4 is 28.0 Å². The zero-order chi connectivity index (χ0) is 21.4. The Morgan fingerprint density at radius 2 is 1.87 bits per heavy atom. The van der Waals surface area contributed by atoms with Gasteiger partial charge < -0.3 is 15.3 Å². The van der Waals surface area contributed by atoms with Gasteiger partial charge >= 0.3 is 0 Å². The highest BCUT2D eigenvalue weighted by Crippen LogP contribution is 2.33. The second-order valence-electron chi connectivity index (χ2n) is 7.94. The maximum atomic E-state index is 13.2. The zero-order valence-corrected chi connectivity index (χ0v) is 17.2. The van der Waals surface area contributed by atoms with Crippen LogP contribution < -0.4 is 10.2 Å². The van der Waals surface area contributed by atoms with Crippen molar-refractivity contribution in [1.29, 1.82) is 0 Å². The quantitative estimate of drug-likeness (QED) is 0.489. The molecule has 0 bridgehead atoms. The summed E-state index contributed by atoms with van der Waals surface area (Å²) in [6.45, 7) is 3.42. The van der Waals surface area contributed by atoms with Crippen LogP contribution in [0.25, 0.3) is 22.0 Å². The number of nitrogens with zero attached hydrogens (tertiary/aromatic N) is 3. The van der Waals surface area contributed by atoms with Crippen LogP contribution in [0.1, 0.15) is 12.1 Å². The van der Waals surface area contributed by atoms with Crippen molar-refractivity contribution in [3.63, 3.8) is 0 Å². The summed E-state index contributed by atoms with van der Waals surface area (Å²) in [5.74, 6) is -0.264. The molecule has 2 aromatic carbocycles. The Hall–Kier alpha value is -3.51. The van der Waals surface area contributed by atoms with Gasteiger partial charge in [0, 0.05) is 47.8 Å². The summed E-state index contributed by atoms with van der Waals surface area (Å²) >= 11 is 0. The topological polar surface area (TPSA) is 61.3 Å². The van der Waals surface area contributed by atoms with Crippen LogP contribution in [-0.2, 0) is 0 Å². The molecule has 0 saturated carbocycles. The molecule has 6 heteroatoms. The maximum absolute atomic E-state index is 13.2. The van der Waals surface area contributed by atoms with Crippen molar-refractivity contribution in [2.45, 2.75) is 19.4 Å². The monoisotopic (exact) mass is 414 g/mol. The zero-order valence-electron chi connectivity index (χ0n) is 17.2. The predicted molar refractivity (Wildman–Crippen MR) is 122 cm³/mol. The van der Waals surface area contributed by atoms with Crippen LogP contribution in [0.4, 0.5) is 21.5 Å². The number of rotatable bonds is 4. The Morgan fingerprint density at radius 3 is 2.65 bits per heavy atom. The third kappa shape index (κ3) is 3.94. The van der Waals surface area contributed by atoms with Gasteiger partial charge in [0.1, 0.15) is 5.82 Å². The summed E-state index contributed by atoms with van der Waals surface area (Å²) < 4.78 is 13.2. The summed E-state index contributed by atoms with van der Waals surface area (Å²) in [4.78, 5) is 11.3. The lowest BCUT2D eigenvalue weighted by Crippen LogP contribution is -2.21. The average Bonchev–Trinajstić information content (AvgIpc) is 3.22. The van der Waals surface area contributed by atoms with Crippen molar-refractivity contribution in [2.24, 2.45) is 0 Å². The predicted octanol–water partition coefficient (Wildman–Crippen LogP) is 5.06. The number of β-amino-alcohol motifs (C(OH)–C–C–N with tert-alkyl or cyclic N) is 1. The Morgan fingerprint density at radius 1 is 1.03 bits per heavy atom. The largest absolute Gasteiger partial charge is 0.391 e. The first-order valence-electron chi connectivity index (χ1n) is 10.4. The number of nitrogens with one attached hydrogen (secondary N) is 1. The van der Waals surface area contributed by atoms with Gasteiger partial charge in [0.15, 0.2) is 0 Å². The van der Waals surface area contributed by atoms with Gasteiger partial charge in [-0.3, -0.25) is 9.97 Å². The summed E-state index contributed by atoms with van der Waals surface area (Å²) in [6, 6.07) is 16.6. The van der Waals surface area contributed by atoms with Gasteiger partial charge in [-0.15, -0.1) is 0 Å². The number of fused-ring (bicyclic) bond motifs is 1. The minimum Gasteiger partial charge on any atom is -0.391 e. The number of benzene rings is 2. The molecule has 5 rings (SSSR count). The normalized spacial score (nSPS) is 16.1. The first-order chi connectivity index (χ1) is 15.1. The van der Waals surface area contributed by atoms with Crippen LogP contribution in [0.5, 0.6) is 0 Å². The summed E-state index contributed by atoms with van der Waals surface area (Å²) in [5.41, 5.74) is 6.58. The molecular formula is C25H23FN4O. The standard InChI is InChI=1S/C25H23FN4O/c1-16-24(29-20-5-3-19(26)4-6-20)13-18(14-28-16)17-2-7-23-22(12-17)25(8-10-27-23)30-11-9-21(31)15-30/h2-8,10,12-14,21,29,31H,9,11,15H2,1H3. The van der Waals surface area contributed by atoms with E-state index in [0.29, 0.717) is 6.54 Å². The molecule has 1 saturated heterocycles. The van der Waals surface area contributed by atoms with Crippen molar-refractivity contribution in [3.05, 3.63) is 78.5 Å². The van der Waals surface area contributed by atoms with Crippen LogP contribution in [0.15, 0.2) is 67.0 Å². The van der Waals surface area contributed by atoms with Crippen molar-refractivity contribution < 1.29 is 9.50 Å². The third-order valence-corrected chi connectivity index (χ3v) is 5.77. The van der Waals surface area contributed by atoms with Crippen LogP contribution in [0.3, 0.4) is 0 Å². The molecule has 1 aliphatic rings. The van der Waals surface area contributed by atoms with Crippen molar-refractivity contribution in [1.82, 2.24) is 9.97 Å². The number of hydrogen-bond acceptors (Lipinski definition) is 5. The van der Waals surface area contributed by atoms with E-state index in [1.165, 1.54) is 12.1 Å². The van der Waals surface area contributed by atoms with E-state index in [4.69, 9.17) is 0 Å². The van der Waals surface area contributed by atoms with Crippen LogP contribution in [0, 0.1) is 12.7 Å². The number of aryl methyl sites for hydroxylation is 1. The van der Waals surface area contributed by atoms with E-state index in [0.717, 1.165) is 57.8 Å². The molecule has 156 valence electrons. The molecule has 0 aliphatic carbocycles. The Labute approximate surface area is 180 Å². The molecule has 31 heavy (non-hydrogen) atoms. The van der Waals surface area contributed by atoms with Crippen LogP contribution in [0.2, 0.25) is 0 Å². The van der Waals surface area contributed by atoms with E-state index >= 15 is 0 Å². The molecule has 2 N–H and O–H groups in total. The Kier molecular flexibility index (Phi) is 5.00. The highest BCUT2D eigenvalue weighted by atomic mass is 19.1. The lowest BCUT2D eigenvalue weighted by Gasteiger charge is -2.20. The second kappa shape index (κ2) is 7.96. The van der Waals surface area contributed by atoms with Gasteiger partial charge in [-0.25, -0.2) is 4.39 Å². The lowest BCUT2D eigenvalue weighted by molar-refractivity contribution is 0.198. The minimum atomic E-state index is -0.284. The highest BCUT2D eigenvalue weighted by Gasteiger charge is 2.22. The first-order valence-corrected chi connectivity index (χ1v) is 10.4. The molecule has 1 unspecified atom stereocenters. The summed E-state index contributed by atoms with van der Waals surface area (Å²) in [6.07, 6.45) is 4.18. The molecule has 0 amide bonds. The van der Waals surface area contributed by atoms with Gasteiger partial charge in [-0.05, 0) is 67.4 Å². The van der Waals surface area contributed by atoms with E-state index in [1.807, 2.05) is 37.5 Å². The Bertz CT molecular complexity index is 1240. The highest BCUT2D eigenvalue weighted by molar-refractivity contribution is 5.95. The summed E-state index contributed by atoms with van der Waals surface area (Å²) in [7, 11) is 0. The molecular weight excluding hydrogens is 391 g/mol. The number of aromatic nitrogens is 2. The SMILES string of the molecule is Cc1ncc(-c2ccc3nccc(N4CCC(O)C4)c3c2)cc1Nc1ccc(F)cc1.